The maximum Gasteiger partial charge on any atom is 0.228 e. The van der Waals surface area contributed by atoms with Crippen molar-refractivity contribution in [1.82, 2.24) is 5.32 Å². The highest BCUT2D eigenvalue weighted by atomic mass is 16.1. The van der Waals surface area contributed by atoms with Crippen molar-refractivity contribution in [3.63, 3.8) is 0 Å². The van der Waals surface area contributed by atoms with Gasteiger partial charge in [-0.05, 0) is 17.2 Å². The zero-order chi connectivity index (χ0) is 12.3. The number of carbonyl (C=O) groups is 1. The van der Waals surface area contributed by atoms with Crippen LogP contribution in [0.3, 0.4) is 0 Å². The molecule has 0 spiro atoms. The van der Waals surface area contributed by atoms with E-state index in [4.69, 9.17) is 11.5 Å². The lowest BCUT2D eigenvalue weighted by atomic mass is 10.1. The quantitative estimate of drug-likeness (QED) is 0.555. The molecule has 1 heterocycles. The van der Waals surface area contributed by atoms with Gasteiger partial charge in [-0.1, -0.05) is 12.1 Å². The van der Waals surface area contributed by atoms with Gasteiger partial charge in [0.1, 0.15) is 0 Å². The molecule has 1 aromatic carbocycles. The number of hydrogen-bond acceptors (Lipinski definition) is 4. The first-order valence-corrected chi connectivity index (χ1v) is 5.77. The van der Waals surface area contributed by atoms with E-state index < -0.39 is 0 Å². The van der Waals surface area contributed by atoms with Gasteiger partial charge in [-0.3, -0.25) is 4.79 Å². The van der Waals surface area contributed by atoms with Crippen LogP contribution in [-0.2, 0) is 17.8 Å². The molecule has 5 heteroatoms. The maximum atomic E-state index is 11.2. The molecule has 1 aliphatic heterocycles. The van der Waals surface area contributed by atoms with Crippen LogP contribution < -0.4 is 22.1 Å². The fourth-order valence-corrected chi connectivity index (χ4v) is 1.88. The van der Waals surface area contributed by atoms with E-state index >= 15 is 0 Å². The summed E-state index contributed by atoms with van der Waals surface area (Å²) >= 11 is 0. The van der Waals surface area contributed by atoms with Crippen molar-refractivity contribution in [2.75, 3.05) is 18.4 Å². The van der Waals surface area contributed by atoms with E-state index in [1.54, 1.807) is 0 Å². The van der Waals surface area contributed by atoms with Crippen molar-refractivity contribution in [2.45, 2.75) is 19.0 Å². The third-order valence-electron chi connectivity index (χ3n) is 2.83. The second-order valence-electron chi connectivity index (χ2n) is 4.34. The van der Waals surface area contributed by atoms with Gasteiger partial charge >= 0.3 is 0 Å². The molecular formula is C12H18N4O. The summed E-state index contributed by atoms with van der Waals surface area (Å²) < 4.78 is 0. The number of carbonyl (C=O) groups excluding carboxylic acids is 1. The largest absolute Gasteiger partial charge is 0.329 e. The number of benzene rings is 1. The van der Waals surface area contributed by atoms with Gasteiger partial charge in [0.15, 0.2) is 0 Å². The number of anilines is 1. The minimum absolute atomic E-state index is 0.00679. The SMILES string of the molecule is NCC(N)CNCc1ccc2c(c1)CC(=O)N2. The number of amides is 1. The van der Waals surface area contributed by atoms with Crippen molar-refractivity contribution in [3.8, 4) is 0 Å². The molecule has 1 amide bonds. The van der Waals surface area contributed by atoms with E-state index in [-0.39, 0.29) is 11.9 Å². The van der Waals surface area contributed by atoms with Crippen LogP contribution in [-0.4, -0.2) is 25.0 Å². The second-order valence-corrected chi connectivity index (χ2v) is 4.34. The molecule has 0 saturated carbocycles. The highest BCUT2D eigenvalue weighted by Gasteiger charge is 2.17. The van der Waals surface area contributed by atoms with Crippen molar-refractivity contribution >= 4 is 11.6 Å². The van der Waals surface area contributed by atoms with Gasteiger partial charge in [0.25, 0.3) is 0 Å². The number of nitrogens with one attached hydrogen (secondary N) is 2. The van der Waals surface area contributed by atoms with Crippen LogP contribution >= 0.6 is 0 Å². The van der Waals surface area contributed by atoms with Crippen molar-refractivity contribution in [1.29, 1.82) is 0 Å². The zero-order valence-electron chi connectivity index (χ0n) is 9.70. The fraction of sp³-hybridized carbons (Fsp3) is 0.417. The third kappa shape index (κ3) is 3.03. The van der Waals surface area contributed by atoms with E-state index in [0.29, 0.717) is 19.5 Å². The van der Waals surface area contributed by atoms with Crippen LogP contribution in [0, 0.1) is 0 Å². The van der Waals surface area contributed by atoms with E-state index in [1.165, 1.54) is 0 Å². The van der Waals surface area contributed by atoms with Gasteiger partial charge in [-0.25, -0.2) is 0 Å². The van der Waals surface area contributed by atoms with E-state index in [2.05, 4.69) is 10.6 Å². The third-order valence-corrected chi connectivity index (χ3v) is 2.83. The molecule has 0 aliphatic carbocycles. The van der Waals surface area contributed by atoms with Crippen LogP contribution in [0.4, 0.5) is 5.69 Å². The molecule has 0 fully saturated rings. The molecule has 0 bridgehead atoms. The van der Waals surface area contributed by atoms with Crippen molar-refractivity contribution in [2.24, 2.45) is 11.5 Å². The summed E-state index contributed by atoms with van der Waals surface area (Å²) in [6.07, 6.45) is 0.478. The van der Waals surface area contributed by atoms with E-state index in [0.717, 1.165) is 23.4 Å². The van der Waals surface area contributed by atoms with Gasteiger partial charge in [0.2, 0.25) is 5.91 Å². The van der Waals surface area contributed by atoms with Crippen LogP contribution in [0.5, 0.6) is 0 Å². The average Bonchev–Trinajstić information content (AvgIpc) is 2.68. The zero-order valence-corrected chi connectivity index (χ0v) is 9.70. The molecule has 6 N–H and O–H groups in total. The molecule has 0 saturated heterocycles. The molecule has 1 unspecified atom stereocenters. The first-order valence-electron chi connectivity index (χ1n) is 5.77. The Balaban J connectivity index is 1.90. The number of rotatable bonds is 5. The Morgan fingerprint density at radius 1 is 1.47 bits per heavy atom. The molecule has 92 valence electrons. The molecular weight excluding hydrogens is 216 g/mol. The minimum Gasteiger partial charge on any atom is -0.329 e. The van der Waals surface area contributed by atoms with Crippen molar-refractivity contribution in [3.05, 3.63) is 29.3 Å². The molecule has 2 rings (SSSR count). The maximum absolute atomic E-state index is 11.2. The van der Waals surface area contributed by atoms with E-state index in [1.807, 2.05) is 18.2 Å². The lowest BCUT2D eigenvalue weighted by Gasteiger charge is -2.10. The van der Waals surface area contributed by atoms with E-state index in [9.17, 15) is 4.79 Å². The molecule has 1 aromatic rings. The Morgan fingerprint density at radius 3 is 3.06 bits per heavy atom. The number of nitrogens with two attached hydrogens (primary N) is 2. The molecule has 0 aromatic heterocycles. The minimum atomic E-state index is -0.00679. The summed E-state index contributed by atoms with van der Waals surface area (Å²) in [7, 11) is 0. The molecule has 5 nitrogen and oxygen atoms in total. The molecule has 1 atom stereocenters. The standard InChI is InChI=1S/C12H18N4O/c13-5-10(14)7-15-6-8-1-2-11-9(3-8)4-12(17)16-11/h1-3,10,15H,4-7,13-14H2,(H,16,17). The predicted octanol–water partition coefficient (Wildman–Crippen LogP) is -0.443. The topological polar surface area (TPSA) is 93.2 Å². The van der Waals surface area contributed by atoms with Gasteiger partial charge in [0, 0.05) is 31.4 Å². The van der Waals surface area contributed by atoms with Crippen molar-refractivity contribution < 1.29 is 4.79 Å². The Hall–Kier alpha value is -1.43. The first-order chi connectivity index (χ1) is 8.19. The molecule has 1 aliphatic rings. The second kappa shape index (κ2) is 5.27. The summed E-state index contributed by atoms with van der Waals surface area (Å²) in [6, 6.07) is 5.99. The van der Waals surface area contributed by atoms with Crippen LogP contribution in [0.15, 0.2) is 18.2 Å². The Labute approximate surface area is 101 Å². The Bertz CT molecular complexity index is 419. The summed E-state index contributed by atoms with van der Waals surface area (Å²) in [5.41, 5.74) is 14.3. The highest BCUT2D eigenvalue weighted by molar-refractivity contribution is 5.99. The van der Waals surface area contributed by atoms with Crippen LogP contribution in [0.25, 0.3) is 0 Å². The first kappa shape index (κ1) is 12.0. The molecule has 17 heavy (non-hydrogen) atoms. The number of fused-ring (bicyclic) bond motifs is 1. The lowest BCUT2D eigenvalue weighted by molar-refractivity contribution is -0.115. The smallest absolute Gasteiger partial charge is 0.228 e. The monoisotopic (exact) mass is 234 g/mol. The summed E-state index contributed by atoms with van der Waals surface area (Å²) in [4.78, 5) is 11.2. The van der Waals surface area contributed by atoms with Crippen LogP contribution in [0.1, 0.15) is 11.1 Å². The van der Waals surface area contributed by atoms with Crippen LogP contribution in [0.2, 0.25) is 0 Å². The predicted molar refractivity (Wildman–Crippen MR) is 67.5 cm³/mol. The van der Waals surface area contributed by atoms with Gasteiger partial charge in [-0.2, -0.15) is 0 Å². The summed E-state index contributed by atoms with van der Waals surface area (Å²) in [6.45, 7) is 1.93. The summed E-state index contributed by atoms with van der Waals surface area (Å²) in [5, 5.41) is 6.06. The Morgan fingerprint density at radius 2 is 2.29 bits per heavy atom. The fourth-order valence-electron chi connectivity index (χ4n) is 1.88. The lowest BCUT2D eigenvalue weighted by Crippen LogP contribution is -2.39. The number of hydrogen-bond donors (Lipinski definition) is 4. The highest BCUT2D eigenvalue weighted by Crippen LogP contribution is 2.23. The Kier molecular flexibility index (Phi) is 3.73. The van der Waals surface area contributed by atoms with Gasteiger partial charge in [0.05, 0.1) is 6.42 Å². The molecule has 0 radical (unpaired) electrons. The van der Waals surface area contributed by atoms with Gasteiger partial charge in [-0.15, -0.1) is 0 Å². The summed E-state index contributed by atoms with van der Waals surface area (Å²) in [5.74, 6) is 0.0651. The normalized spacial score (nSPS) is 15.5. The average molecular weight is 234 g/mol. The van der Waals surface area contributed by atoms with Gasteiger partial charge < -0.3 is 22.1 Å².